The molecule has 3 rings (SSSR count). The molecule has 0 bridgehead atoms. The normalized spacial score (nSPS) is 14.4. The summed E-state index contributed by atoms with van der Waals surface area (Å²) >= 11 is 1.59. The highest BCUT2D eigenvalue weighted by Crippen LogP contribution is 2.31. The van der Waals surface area contributed by atoms with Gasteiger partial charge in [0.1, 0.15) is 17.1 Å². The summed E-state index contributed by atoms with van der Waals surface area (Å²) in [4.78, 5) is 19.0. The Morgan fingerprint density at radius 3 is 2.85 bits per heavy atom. The van der Waals surface area contributed by atoms with Gasteiger partial charge in [0.25, 0.3) is 0 Å². The standard InChI is InChI=1S/C14H16N2O3S/c1-14(2,3)19-13(17)16-7-9-10(8-16)18-12(15-9)11-5-4-6-20-11/h4-6H,7-8H2,1-3H3. The van der Waals surface area contributed by atoms with Crippen molar-refractivity contribution in [3.05, 3.63) is 29.0 Å². The fourth-order valence-corrected chi connectivity index (χ4v) is 2.65. The molecule has 0 aliphatic carbocycles. The van der Waals surface area contributed by atoms with Crippen molar-refractivity contribution in [1.82, 2.24) is 9.88 Å². The molecule has 1 amide bonds. The van der Waals surface area contributed by atoms with Crippen molar-refractivity contribution >= 4 is 17.4 Å². The van der Waals surface area contributed by atoms with Crippen LogP contribution in [-0.2, 0) is 17.8 Å². The first kappa shape index (κ1) is 13.2. The molecule has 0 fully saturated rings. The summed E-state index contributed by atoms with van der Waals surface area (Å²) in [5.41, 5.74) is 0.329. The van der Waals surface area contributed by atoms with Gasteiger partial charge in [0, 0.05) is 0 Å². The van der Waals surface area contributed by atoms with E-state index in [1.165, 1.54) is 0 Å². The van der Waals surface area contributed by atoms with Crippen LogP contribution >= 0.6 is 11.3 Å². The number of amides is 1. The monoisotopic (exact) mass is 292 g/mol. The van der Waals surface area contributed by atoms with Gasteiger partial charge >= 0.3 is 6.09 Å². The molecule has 0 saturated carbocycles. The van der Waals surface area contributed by atoms with Gasteiger partial charge in [-0.1, -0.05) is 6.07 Å². The van der Waals surface area contributed by atoms with Gasteiger partial charge in [-0.05, 0) is 32.2 Å². The van der Waals surface area contributed by atoms with Crippen molar-refractivity contribution in [3.8, 4) is 10.8 Å². The largest absolute Gasteiger partial charge is 0.444 e. The zero-order chi connectivity index (χ0) is 14.3. The maximum Gasteiger partial charge on any atom is 0.411 e. The van der Waals surface area contributed by atoms with Gasteiger partial charge in [-0.15, -0.1) is 11.3 Å². The first-order valence-electron chi connectivity index (χ1n) is 6.43. The fraction of sp³-hybridized carbons (Fsp3) is 0.429. The minimum Gasteiger partial charge on any atom is -0.444 e. The van der Waals surface area contributed by atoms with Crippen LogP contribution < -0.4 is 0 Å². The third-order valence-corrected chi connectivity index (χ3v) is 3.69. The van der Waals surface area contributed by atoms with E-state index >= 15 is 0 Å². The summed E-state index contributed by atoms with van der Waals surface area (Å²) < 4.78 is 11.1. The Balaban J connectivity index is 1.71. The number of aromatic nitrogens is 1. The summed E-state index contributed by atoms with van der Waals surface area (Å²) in [6, 6.07) is 3.93. The predicted molar refractivity (Wildman–Crippen MR) is 75.3 cm³/mol. The van der Waals surface area contributed by atoms with E-state index in [4.69, 9.17) is 9.15 Å². The van der Waals surface area contributed by atoms with E-state index in [0.717, 1.165) is 16.3 Å². The van der Waals surface area contributed by atoms with Crippen LogP contribution in [0.2, 0.25) is 0 Å². The van der Waals surface area contributed by atoms with Crippen LogP contribution in [0.15, 0.2) is 21.9 Å². The lowest BCUT2D eigenvalue weighted by Crippen LogP contribution is -2.33. The Hall–Kier alpha value is -1.82. The summed E-state index contributed by atoms with van der Waals surface area (Å²) in [6.45, 7) is 6.42. The average Bonchev–Trinajstić information content (AvgIpc) is 3.01. The molecule has 0 atom stereocenters. The van der Waals surface area contributed by atoms with Gasteiger partial charge in [-0.25, -0.2) is 9.78 Å². The van der Waals surface area contributed by atoms with Crippen molar-refractivity contribution < 1.29 is 13.9 Å². The number of hydrogen-bond acceptors (Lipinski definition) is 5. The number of nitrogens with zero attached hydrogens (tertiary/aromatic N) is 2. The molecule has 0 saturated heterocycles. The first-order valence-corrected chi connectivity index (χ1v) is 7.31. The van der Waals surface area contributed by atoms with E-state index in [1.807, 2.05) is 38.3 Å². The maximum atomic E-state index is 12.0. The maximum absolute atomic E-state index is 12.0. The van der Waals surface area contributed by atoms with E-state index in [0.29, 0.717) is 19.0 Å². The van der Waals surface area contributed by atoms with Crippen molar-refractivity contribution in [2.75, 3.05) is 0 Å². The molecule has 0 aromatic carbocycles. The fourth-order valence-electron chi connectivity index (χ4n) is 2.00. The molecule has 0 spiro atoms. The van der Waals surface area contributed by atoms with Crippen LogP contribution in [0.3, 0.4) is 0 Å². The van der Waals surface area contributed by atoms with Crippen LogP contribution in [0.4, 0.5) is 4.79 Å². The Labute approximate surface area is 121 Å². The molecule has 2 aromatic heterocycles. The molecule has 1 aliphatic rings. The SMILES string of the molecule is CC(C)(C)OC(=O)N1Cc2nc(-c3cccs3)oc2C1. The molecular weight excluding hydrogens is 276 g/mol. The second kappa shape index (κ2) is 4.63. The minimum atomic E-state index is -0.490. The van der Waals surface area contributed by atoms with Crippen molar-refractivity contribution in [1.29, 1.82) is 0 Å². The molecule has 1 aliphatic heterocycles. The Morgan fingerprint density at radius 1 is 1.45 bits per heavy atom. The van der Waals surface area contributed by atoms with Crippen molar-refractivity contribution in [3.63, 3.8) is 0 Å². The quantitative estimate of drug-likeness (QED) is 0.805. The van der Waals surface area contributed by atoms with Crippen LogP contribution in [0.1, 0.15) is 32.2 Å². The molecule has 106 valence electrons. The van der Waals surface area contributed by atoms with Gasteiger partial charge in [0.05, 0.1) is 18.0 Å². The Bertz CT molecular complexity index is 602. The lowest BCUT2D eigenvalue weighted by Gasteiger charge is -2.23. The molecule has 3 heterocycles. The van der Waals surface area contributed by atoms with Crippen LogP contribution in [0.25, 0.3) is 10.8 Å². The highest BCUT2D eigenvalue weighted by Gasteiger charge is 2.32. The third-order valence-electron chi connectivity index (χ3n) is 2.84. The number of hydrogen-bond donors (Lipinski definition) is 0. The summed E-state index contributed by atoms with van der Waals surface area (Å²) in [7, 11) is 0. The minimum absolute atomic E-state index is 0.330. The van der Waals surface area contributed by atoms with E-state index in [9.17, 15) is 4.79 Å². The number of ether oxygens (including phenoxy) is 1. The molecule has 0 radical (unpaired) electrons. The second-order valence-electron chi connectivity index (χ2n) is 5.70. The van der Waals surface area contributed by atoms with Gasteiger partial charge in [0.15, 0.2) is 0 Å². The van der Waals surface area contributed by atoms with Crippen molar-refractivity contribution in [2.45, 2.75) is 39.5 Å². The molecule has 0 N–H and O–H groups in total. The number of carbonyl (C=O) groups is 1. The number of oxazole rings is 1. The molecule has 5 nitrogen and oxygen atoms in total. The number of carbonyl (C=O) groups excluding carboxylic acids is 1. The van der Waals surface area contributed by atoms with E-state index in [-0.39, 0.29) is 6.09 Å². The average molecular weight is 292 g/mol. The number of fused-ring (bicyclic) bond motifs is 1. The lowest BCUT2D eigenvalue weighted by molar-refractivity contribution is 0.0232. The summed E-state index contributed by atoms with van der Waals surface area (Å²) in [5.74, 6) is 1.38. The Morgan fingerprint density at radius 2 is 2.25 bits per heavy atom. The lowest BCUT2D eigenvalue weighted by atomic mass is 10.2. The summed E-state index contributed by atoms with van der Waals surface area (Å²) in [5, 5.41) is 1.98. The van der Waals surface area contributed by atoms with Gasteiger partial charge < -0.3 is 9.15 Å². The predicted octanol–water partition coefficient (Wildman–Crippen LogP) is 3.65. The van der Waals surface area contributed by atoms with Crippen LogP contribution in [-0.4, -0.2) is 21.6 Å². The van der Waals surface area contributed by atoms with Crippen LogP contribution in [0, 0.1) is 0 Å². The Kier molecular flexibility index (Phi) is 3.05. The summed E-state index contributed by atoms with van der Waals surface area (Å²) in [6.07, 6.45) is -0.330. The molecule has 6 heteroatoms. The highest BCUT2D eigenvalue weighted by atomic mass is 32.1. The van der Waals surface area contributed by atoms with E-state index in [2.05, 4.69) is 4.98 Å². The first-order chi connectivity index (χ1) is 9.42. The molecule has 0 unspecified atom stereocenters. The topological polar surface area (TPSA) is 55.6 Å². The highest BCUT2D eigenvalue weighted by molar-refractivity contribution is 7.13. The van der Waals surface area contributed by atoms with Gasteiger partial charge in [-0.3, -0.25) is 4.90 Å². The third kappa shape index (κ3) is 2.56. The zero-order valence-electron chi connectivity index (χ0n) is 11.7. The number of thiophene rings is 1. The van der Waals surface area contributed by atoms with E-state index < -0.39 is 5.60 Å². The van der Waals surface area contributed by atoms with Gasteiger partial charge in [-0.2, -0.15) is 0 Å². The molecule has 20 heavy (non-hydrogen) atoms. The molecular formula is C14H16N2O3S. The zero-order valence-corrected chi connectivity index (χ0v) is 12.5. The second-order valence-corrected chi connectivity index (χ2v) is 6.65. The van der Waals surface area contributed by atoms with Crippen LogP contribution in [0.5, 0.6) is 0 Å². The smallest absolute Gasteiger partial charge is 0.411 e. The number of rotatable bonds is 1. The molecule has 2 aromatic rings. The van der Waals surface area contributed by atoms with E-state index in [1.54, 1.807) is 16.2 Å². The van der Waals surface area contributed by atoms with Gasteiger partial charge in [0.2, 0.25) is 5.89 Å². The van der Waals surface area contributed by atoms with Crippen molar-refractivity contribution in [2.24, 2.45) is 0 Å².